The van der Waals surface area contributed by atoms with Crippen molar-refractivity contribution in [3.05, 3.63) is 59.7 Å². The number of aliphatic hydroxyl groups is 1. The summed E-state index contributed by atoms with van der Waals surface area (Å²) < 4.78 is 35.2. The van der Waals surface area contributed by atoms with Crippen LogP contribution in [0.3, 0.4) is 0 Å². The van der Waals surface area contributed by atoms with E-state index in [4.69, 9.17) is 28.4 Å². The molecule has 3 aromatic rings. The van der Waals surface area contributed by atoms with Crippen LogP contribution in [0.15, 0.2) is 48.6 Å². The lowest BCUT2D eigenvalue weighted by molar-refractivity contribution is -0.140. The van der Waals surface area contributed by atoms with Gasteiger partial charge >= 0.3 is 0 Å². The minimum atomic E-state index is -1.00. The third-order valence-electron chi connectivity index (χ3n) is 6.87. The molecule has 12 nitrogen and oxygen atoms in total. The Bertz CT molecular complexity index is 1480. The van der Waals surface area contributed by atoms with E-state index < -0.39 is 17.7 Å². The molecule has 1 amide bonds. The number of carbonyl (C=O) groups excluding carboxylic acids is 2. The molecule has 6 rings (SSSR count). The van der Waals surface area contributed by atoms with Gasteiger partial charge in [-0.1, -0.05) is 0 Å². The summed E-state index contributed by atoms with van der Waals surface area (Å²) in [7, 11) is 2.91. The maximum Gasteiger partial charge on any atom is 0.295 e. The molecule has 0 saturated carbocycles. The number of aromatic nitrogens is 2. The van der Waals surface area contributed by atoms with Crippen molar-refractivity contribution in [2.45, 2.75) is 19.0 Å². The van der Waals surface area contributed by atoms with E-state index in [1.165, 1.54) is 19.1 Å². The molecule has 1 aromatic heterocycles. The average Bonchev–Trinajstić information content (AvgIpc) is 3.76. The van der Waals surface area contributed by atoms with E-state index in [0.717, 1.165) is 0 Å². The second kappa shape index (κ2) is 9.78. The lowest BCUT2D eigenvalue weighted by Crippen LogP contribution is -2.31. The van der Waals surface area contributed by atoms with Gasteiger partial charge in [0.05, 0.1) is 32.2 Å². The molecule has 4 heterocycles. The number of benzene rings is 2. The maximum absolute atomic E-state index is 13.5. The van der Waals surface area contributed by atoms with E-state index in [2.05, 4.69) is 4.98 Å². The van der Waals surface area contributed by atoms with Gasteiger partial charge in [-0.05, 0) is 30.7 Å². The van der Waals surface area contributed by atoms with Gasteiger partial charge in [0, 0.05) is 36.6 Å². The second-order valence-corrected chi connectivity index (χ2v) is 8.98. The minimum absolute atomic E-state index is 0.0272. The fourth-order valence-corrected chi connectivity index (χ4v) is 5.09. The number of carbonyl (C=O) groups is 2. The van der Waals surface area contributed by atoms with Gasteiger partial charge in [0.1, 0.15) is 5.76 Å². The van der Waals surface area contributed by atoms with Crippen LogP contribution in [0.1, 0.15) is 23.6 Å². The highest BCUT2D eigenvalue weighted by molar-refractivity contribution is 6.46. The first-order valence-electron chi connectivity index (χ1n) is 12.2. The number of methoxy groups -OCH3 is 2. The molecule has 1 N–H and O–H groups in total. The van der Waals surface area contributed by atoms with E-state index in [1.54, 1.807) is 36.8 Å². The Morgan fingerprint density at radius 3 is 2.54 bits per heavy atom. The number of amides is 1. The Morgan fingerprint density at radius 1 is 1.00 bits per heavy atom. The number of Topliss-reactive ketones (excluding diaryl/α,β-unsaturated/α-hetero) is 1. The number of aryl methyl sites for hydroxylation is 1. The Morgan fingerprint density at radius 2 is 1.77 bits per heavy atom. The Hall–Kier alpha value is -4.87. The van der Waals surface area contributed by atoms with Crippen LogP contribution in [0.2, 0.25) is 0 Å². The molecule has 1 fully saturated rings. The summed E-state index contributed by atoms with van der Waals surface area (Å²) in [6.07, 6.45) is 5.68. The van der Waals surface area contributed by atoms with Crippen molar-refractivity contribution in [2.24, 2.45) is 0 Å². The summed E-state index contributed by atoms with van der Waals surface area (Å²) in [5.74, 6) is 0.258. The standard InChI is InChI=1S/C27H25N3O9/c1-34-24-16(11-19-25(26(24)35-2)39-14-38-19)21-20(22(31)15-4-5-17-18(10-15)37-13-36-17)23(32)27(33)30(21)8-3-7-29-9-6-28-12-29/h4-6,9-12,21,31H,3,7-8,13-14H2,1-2H3/t21-/m1/s1. The van der Waals surface area contributed by atoms with E-state index in [0.29, 0.717) is 47.1 Å². The highest BCUT2D eigenvalue weighted by Gasteiger charge is 2.48. The van der Waals surface area contributed by atoms with Gasteiger partial charge in [0.15, 0.2) is 23.0 Å². The monoisotopic (exact) mass is 535 g/mol. The number of hydrogen-bond acceptors (Lipinski definition) is 10. The maximum atomic E-state index is 13.5. The number of rotatable bonds is 8. The van der Waals surface area contributed by atoms with E-state index in [9.17, 15) is 14.7 Å². The number of imidazole rings is 1. The van der Waals surface area contributed by atoms with Crippen LogP contribution in [-0.4, -0.2) is 65.6 Å². The summed E-state index contributed by atoms with van der Waals surface area (Å²) in [6, 6.07) is 5.45. The van der Waals surface area contributed by atoms with Gasteiger partial charge in [-0.2, -0.15) is 0 Å². The SMILES string of the molecule is COc1c([C@@H]2C(=C(O)c3ccc4c(c3)OCO4)C(=O)C(=O)N2CCCn2ccnc2)cc2c(c1OC)OCO2. The molecular formula is C27H25N3O9. The Labute approximate surface area is 222 Å². The number of aliphatic hydroxyl groups excluding tert-OH is 1. The summed E-state index contributed by atoms with van der Waals surface area (Å²) in [5, 5.41) is 11.5. The van der Waals surface area contributed by atoms with Gasteiger partial charge in [-0.3, -0.25) is 9.59 Å². The molecule has 0 aliphatic carbocycles. The van der Waals surface area contributed by atoms with Crippen molar-refractivity contribution in [1.82, 2.24) is 14.5 Å². The highest BCUT2D eigenvalue weighted by atomic mass is 16.7. The predicted molar refractivity (Wildman–Crippen MR) is 134 cm³/mol. The Balaban J connectivity index is 1.49. The first-order chi connectivity index (χ1) is 19.0. The number of ether oxygens (including phenoxy) is 6. The van der Waals surface area contributed by atoms with Crippen molar-refractivity contribution in [2.75, 3.05) is 34.4 Å². The number of nitrogens with zero attached hydrogens (tertiary/aromatic N) is 3. The molecule has 0 unspecified atom stereocenters. The van der Waals surface area contributed by atoms with Crippen LogP contribution < -0.4 is 28.4 Å². The third kappa shape index (κ3) is 4.04. The summed E-state index contributed by atoms with van der Waals surface area (Å²) in [6.45, 7) is 0.806. The van der Waals surface area contributed by atoms with Gasteiger partial charge in [-0.15, -0.1) is 0 Å². The molecule has 1 saturated heterocycles. The molecule has 202 valence electrons. The average molecular weight is 536 g/mol. The van der Waals surface area contributed by atoms with Crippen molar-refractivity contribution in [3.8, 4) is 34.5 Å². The molecule has 2 aromatic carbocycles. The fraction of sp³-hybridized carbons (Fsp3) is 0.296. The third-order valence-corrected chi connectivity index (χ3v) is 6.87. The number of likely N-dealkylation sites (tertiary alicyclic amines) is 1. The van der Waals surface area contributed by atoms with Crippen molar-refractivity contribution >= 4 is 17.4 Å². The number of ketones is 1. The number of fused-ring (bicyclic) bond motifs is 2. The lowest BCUT2D eigenvalue weighted by Gasteiger charge is -2.27. The van der Waals surface area contributed by atoms with Gasteiger partial charge < -0.3 is 43.0 Å². The smallest absolute Gasteiger partial charge is 0.295 e. The molecule has 12 heteroatoms. The minimum Gasteiger partial charge on any atom is -0.507 e. The molecule has 3 aliphatic rings. The number of hydrogen-bond donors (Lipinski definition) is 1. The molecule has 0 radical (unpaired) electrons. The molecular weight excluding hydrogens is 510 g/mol. The molecule has 0 bridgehead atoms. The van der Waals surface area contributed by atoms with E-state index >= 15 is 0 Å². The summed E-state index contributed by atoms with van der Waals surface area (Å²) in [5.41, 5.74) is 0.607. The Kier molecular flexibility index (Phi) is 6.14. The van der Waals surface area contributed by atoms with Crippen LogP contribution >= 0.6 is 0 Å². The van der Waals surface area contributed by atoms with Crippen LogP contribution in [0.25, 0.3) is 5.76 Å². The van der Waals surface area contributed by atoms with Crippen LogP contribution in [0, 0.1) is 0 Å². The molecule has 0 spiro atoms. The topological polar surface area (TPSA) is 131 Å². The van der Waals surface area contributed by atoms with Crippen LogP contribution in [0.5, 0.6) is 34.5 Å². The van der Waals surface area contributed by atoms with Crippen LogP contribution in [-0.2, 0) is 16.1 Å². The summed E-state index contributed by atoms with van der Waals surface area (Å²) >= 11 is 0. The largest absolute Gasteiger partial charge is 0.507 e. The lowest BCUT2D eigenvalue weighted by atomic mass is 9.93. The zero-order chi connectivity index (χ0) is 27.1. The van der Waals surface area contributed by atoms with Crippen molar-refractivity contribution in [1.29, 1.82) is 0 Å². The highest BCUT2D eigenvalue weighted by Crippen LogP contribution is 2.54. The van der Waals surface area contributed by atoms with Gasteiger partial charge in [-0.25, -0.2) is 4.98 Å². The van der Waals surface area contributed by atoms with Crippen LogP contribution in [0.4, 0.5) is 0 Å². The fourth-order valence-electron chi connectivity index (χ4n) is 5.09. The van der Waals surface area contributed by atoms with E-state index in [-0.39, 0.29) is 43.0 Å². The second-order valence-electron chi connectivity index (χ2n) is 8.98. The van der Waals surface area contributed by atoms with Gasteiger partial charge in [0.2, 0.25) is 25.1 Å². The van der Waals surface area contributed by atoms with Gasteiger partial charge in [0.25, 0.3) is 11.7 Å². The zero-order valence-corrected chi connectivity index (χ0v) is 21.2. The molecule has 1 atom stereocenters. The van der Waals surface area contributed by atoms with Crippen molar-refractivity contribution < 1.29 is 43.1 Å². The quantitative estimate of drug-likeness (QED) is 0.261. The predicted octanol–water partition coefficient (Wildman–Crippen LogP) is 2.87. The zero-order valence-electron chi connectivity index (χ0n) is 21.2. The molecule has 3 aliphatic heterocycles. The normalized spacial score (nSPS) is 18.6. The first kappa shape index (κ1) is 24.5. The van der Waals surface area contributed by atoms with E-state index in [1.807, 2.05) is 10.8 Å². The first-order valence-corrected chi connectivity index (χ1v) is 12.2. The summed E-state index contributed by atoms with van der Waals surface area (Å²) in [4.78, 5) is 32.4. The van der Waals surface area contributed by atoms with Crippen molar-refractivity contribution in [3.63, 3.8) is 0 Å². The molecule has 39 heavy (non-hydrogen) atoms.